The van der Waals surface area contributed by atoms with Crippen LogP contribution in [-0.2, 0) is 4.74 Å². The fourth-order valence-corrected chi connectivity index (χ4v) is 1.95. The smallest absolute Gasteiger partial charge is 0.175 e. The Morgan fingerprint density at radius 3 is 3.06 bits per heavy atom. The van der Waals surface area contributed by atoms with Crippen LogP contribution in [0.15, 0.2) is 23.4 Å². The molecule has 0 amide bonds. The van der Waals surface area contributed by atoms with Gasteiger partial charge >= 0.3 is 0 Å². The molecular weight excluding hydrogens is 244 g/mol. The second-order valence-corrected chi connectivity index (χ2v) is 4.11. The van der Waals surface area contributed by atoms with E-state index < -0.39 is 0 Å². The molecule has 92 valence electrons. The SMILES string of the molecule is NC(=NO)c1c(Cl)cccc1OC1CCOC1. The Morgan fingerprint density at radius 2 is 2.41 bits per heavy atom. The largest absolute Gasteiger partial charge is 0.487 e. The summed E-state index contributed by atoms with van der Waals surface area (Å²) >= 11 is 6.01. The Hall–Kier alpha value is -1.46. The second kappa shape index (κ2) is 5.25. The molecule has 1 aliphatic rings. The Kier molecular flexibility index (Phi) is 3.71. The van der Waals surface area contributed by atoms with E-state index in [1.54, 1.807) is 18.2 Å². The number of ether oxygens (including phenoxy) is 2. The first-order chi connectivity index (χ1) is 8.22. The second-order valence-electron chi connectivity index (χ2n) is 3.70. The van der Waals surface area contributed by atoms with Gasteiger partial charge in [-0.1, -0.05) is 22.8 Å². The fourth-order valence-electron chi connectivity index (χ4n) is 1.69. The minimum atomic E-state index is -0.0653. The van der Waals surface area contributed by atoms with Crippen molar-refractivity contribution in [3.63, 3.8) is 0 Å². The summed E-state index contributed by atoms with van der Waals surface area (Å²) in [5, 5.41) is 12.1. The molecule has 1 heterocycles. The average Bonchev–Trinajstić information content (AvgIpc) is 2.81. The van der Waals surface area contributed by atoms with E-state index in [1.807, 2.05) is 0 Å². The number of nitrogens with two attached hydrogens (primary N) is 1. The maximum absolute atomic E-state index is 8.72. The average molecular weight is 257 g/mol. The number of amidine groups is 1. The number of halogens is 1. The highest BCUT2D eigenvalue weighted by atomic mass is 35.5. The Labute approximate surface area is 104 Å². The predicted molar refractivity (Wildman–Crippen MR) is 63.8 cm³/mol. The molecule has 1 unspecified atom stereocenters. The molecule has 2 rings (SSSR count). The molecule has 6 heteroatoms. The van der Waals surface area contributed by atoms with Crippen LogP contribution in [0, 0.1) is 0 Å². The fraction of sp³-hybridized carbons (Fsp3) is 0.364. The van der Waals surface area contributed by atoms with Gasteiger partial charge in [0.05, 0.1) is 23.8 Å². The molecular formula is C11H13ClN2O3. The molecule has 1 atom stereocenters. The van der Waals surface area contributed by atoms with Crippen molar-refractivity contribution in [2.75, 3.05) is 13.2 Å². The summed E-state index contributed by atoms with van der Waals surface area (Å²) < 4.78 is 10.9. The van der Waals surface area contributed by atoms with Gasteiger partial charge < -0.3 is 20.4 Å². The highest BCUT2D eigenvalue weighted by molar-refractivity contribution is 6.34. The third kappa shape index (κ3) is 2.62. The summed E-state index contributed by atoms with van der Waals surface area (Å²) in [6, 6.07) is 5.14. The van der Waals surface area contributed by atoms with Gasteiger partial charge in [-0.3, -0.25) is 0 Å². The van der Waals surface area contributed by atoms with Gasteiger partial charge in [-0.15, -0.1) is 0 Å². The van der Waals surface area contributed by atoms with Crippen LogP contribution in [0.25, 0.3) is 0 Å². The zero-order valence-corrected chi connectivity index (χ0v) is 9.85. The molecule has 5 nitrogen and oxygen atoms in total. The third-order valence-corrected chi connectivity index (χ3v) is 2.84. The molecule has 1 saturated heterocycles. The summed E-state index contributed by atoms with van der Waals surface area (Å²) in [6.07, 6.45) is 0.806. The van der Waals surface area contributed by atoms with Gasteiger partial charge in [0.1, 0.15) is 11.9 Å². The summed E-state index contributed by atoms with van der Waals surface area (Å²) in [7, 11) is 0. The molecule has 0 saturated carbocycles. The highest BCUT2D eigenvalue weighted by Gasteiger charge is 2.20. The van der Waals surface area contributed by atoms with Gasteiger partial charge in [0.2, 0.25) is 0 Å². The molecule has 0 aliphatic carbocycles. The first kappa shape index (κ1) is 12.0. The van der Waals surface area contributed by atoms with Crippen molar-refractivity contribution in [2.24, 2.45) is 10.9 Å². The van der Waals surface area contributed by atoms with Crippen molar-refractivity contribution in [1.29, 1.82) is 0 Å². The molecule has 0 aromatic heterocycles. The van der Waals surface area contributed by atoms with Gasteiger partial charge in [-0.25, -0.2) is 0 Å². The van der Waals surface area contributed by atoms with E-state index in [0.29, 0.717) is 29.5 Å². The lowest BCUT2D eigenvalue weighted by atomic mass is 10.2. The van der Waals surface area contributed by atoms with Crippen LogP contribution in [0.5, 0.6) is 5.75 Å². The zero-order chi connectivity index (χ0) is 12.3. The van der Waals surface area contributed by atoms with Crippen molar-refractivity contribution in [2.45, 2.75) is 12.5 Å². The Balaban J connectivity index is 2.29. The van der Waals surface area contributed by atoms with Crippen LogP contribution >= 0.6 is 11.6 Å². The minimum Gasteiger partial charge on any atom is -0.487 e. The Morgan fingerprint density at radius 1 is 1.59 bits per heavy atom. The van der Waals surface area contributed by atoms with E-state index in [1.165, 1.54) is 0 Å². The molecule has 1 aliphatic heterocycles. The lowest BCUT2D eigenvalue weighted by Crippen LogP contribution is -2.20. The van der Waals surface area contributed by atoms with Gasteiger partial charge in [0, 0.05) is 6.42 Å². The number of oxime groups is 1. The van der Waals surface area contributed by atoms with Gasteiger partial charge in [0.25, 0.3) is 0 Å². The summed E-state index contributed by atoms with van der Waals surface area (Å²) in [4.78, 5) is 0. The maximum atomic E-state index is 8.72. The van der Waals surface area contributed by atoms with Gasteiger partial charge in [-0.05, 0) is 12.1 Å². The van der Waals surface area contributed by atoms with E-state index in [-0.39, 0.29) is 11.9 Å². The van der Waals surface area contributed by atoms with Crippen molar-refractivity contribution < 1.29 is 14.7 Å². The summed E-state index contributed by atoms with van der Waals surface area (Å²) in [6.45, 7) is 1.23. The maximum Gasteiger partial charge on any atom is 0.175 e. The first-order valence-electron chi connectivity index (χ1n) is 5.23. The number of benzene rings is 1. The molecule has 0 bridgehead atoms. The van der Waals surface area contributed by atoms with Crippen LogP contribution < -0.4 is 10.5 Å². The quantitative estimate of drug-likeness (QED) is 0.373. The van der Waals surface area contributed by atoms with Gasteiger partial charge in [0.15, 0.2) is 5.84 Å². The van der Waals surface area contributed by atoms with E-state index in [9.17, 15) is 0 Å². The Bertz CT molecular complexity index is 431. The molecule has 17 heavy (non-hydrogen) atoms. The normalized spacial score (nSPS) is 20.5. The van der Waals surface area contributed by atoms with Gasteiger partial charge in [-0.2, -0.15) is 0 Å². The summed E-state index contributed by atoms with van der Waals surface area (Å²) in [5.41, 5.74) is 5.98. The molecule has 3 N–H and O–H groups in total. The third-order valence-electron chi connectivity index (χ3n) is 2.52. The first-order valence-corrected chi connectivity index (χ1v) is 5.61. The van der Waals surface area contributed by atoms with Crippen LogP contribution in [0.2, 0.25) is 5.02 Å². The molecule has 1 fully saturated rings. The lowest BCUT2D eigenvalue weighted by molar-refractivity contribution is 0.141. The molecule has 1 aromatic rings. The zero-order valence-electron chi connectivity index (χ0n) is 9.10. The highest BCUT2D eigenvalue weighted by Crippen LogP contribution is 2.28. The minimum absolute atomic E-state index is 0.0151. The number of nitrogens with zero attached hydrogens (tertiary/aromatic N) is 1. The van der Waals surface area contributed by atoms with E-state index in [4.69, 9.17) is 32.0 Å². The standard InChI is InChI=1S/C11H13ClN2O3/c12-8-2-1-3-9(10(8)11(13)14-15)17-7-4-5-16-6-7/h1-3,7,15H,4-6H2,(H2,13,14). The van der Waals surface area contributed by atoms with Crippen LogP contribution in [0.4, 0.5) is 0 Å². The topological polar surface area (TPSA) is 77.1 Å². The number of rotatable bonds is 3. The van der Waals surface area contributed by atoms with E-state index in [2.05, 4.69) is 5.16 Å². The van der Waals surface area contributed by atoms with E-state index >= 15 is 0 Å². The lowest BCUT2D eigenvalue weighted by Gasteiger charge is -2.15. The van der Waals surface area contributed by atoms with Crippen molar-refractivity contribution in [3.8, 4) is 5.75 Å². The predicted octanol–water partition coefficient (Wildman–Crippen LogP) is 1.60. The number of hydrogen-bond donors (Lipinski definition) is 2. The van der Waals surface area contributed by atoms with Crippen LogP contribution in [0.1, 0.15) is 12.0 Å². The monoisotopic (exact) mass is 256 g/mol. The summed E-state index contributed by atoms with van der Waals surface area (Å²) in [5.74, 6) is 0.438. The molecule has 0 spiro atoms. The molecule has 1 aromatic carbocycles. The number of hydrogen-bond acceptors (Lipinski definition) is 4. The van der Waals surface area contributed by atoms with Crippen molar-refractivity contribution in [1.82, 2.24) is 0 Å². The molecule has 0 radical (unpaired) electrons. The van der Waals surface area contributed by atoms with Crippen LogP contribution in [-0.4, -0.2) is 30.4 Å². The van der Waals surface area contributed by atoms with Crippen molar-refractivity contribution >= 4 is 17.4 Å². The van der Waals surface area contributed by atoms with Crippen LogP contribution in [0.3, 0.4) is 0 Å². The van der Waals surface area contributed by atoms with Crippen molar-refractivity contribution in [3.05, 3.63) is 28.8 Å². The van der Waals surface area contributed by atoms with E-state index in [0.717, 1.165) is 6.42 Å².